The van der Waals surface area contributed by atoms with Crippen molar-refractivity contribution in [3.63, 3.8) is 0 Å². The van der Waals surface area contributed by atoms with E-state index in [2.05, 4.69) is 10.3 Å². The van der Waals surface area contributed by atoms with E-state index in [1.807, 2.05) is 6.92 Å². The van der Waals surface area contributed by atoms with Crippen LogP contribution in [0.15, 0.2) is 18.3 Å². The van der Waals surface area contributed by atoms with Crippen LogP contribution in [0.2, 0.25) is 5.02 Å². The molecule has 1 aromatic heterocycles. The highest BCUT2D eigenvalue weighted by molar-refractivity contribution is 6.33. The summed E-state index contributed by atoms with van der Waals surface area (Å²) in [4.78, 5) is 29.0. The summed E-state index contributed by atoms with van der Waals surface area (Å²) in [5, 5.41) is 3.36. The van der Waals surface area contributed by atoms with E-state index in [0.717, 1.165) is 6.42 Å². The molecule has 6 heteroatoms. The van der Waals surface area contributed by atoms with Crippen molar-refractivity contribution in [2.75, 3.05) is 11.9 Å². The number of halogens is 1. The SMILES string of the molecule is CCCN1C(=O)CC(Nc2ncccc2Cl)C1=O. The van der Waals surface area contributed by atoms with Gasteiger partial charge in [-0.05, 0) is 18.6 Å². The van der Waals surface area contributed by atoms with Gasteiger partial charge in [0.15, 0.2) is 0 Å². The van der Waals surface area contributed by atoms with Gasteiger partial charge in [-0.15, -0.1) is 0 Å². The van der Waals surface area contributed by atoms with Crippen LogP contribution in [0.3, 0.4) is 0 Å². The molecule has 18 heavy (non-hydrogen) atoms. The van der Waals surface area contributed by atoms with Gasteiger partial charge in [0.2, 0.25) is 5.91 Å². The summed E-state index contributed by atoms with van der Waals surface area (Å²) < 4.78 is 0. The van der Waals surface area contributed by atoms with Gasteiger partial charge in [-0.25, -0.2) is 4.98 Å². The lowest BCUT2D eigenvalue weighted by Crippen LogP contribution is -2.35. The van der Waals surface area contributed by atoms with Crippen LogP contribution in [0.5, 0.6) is 0 Å². The second-order valence-corrected chi connectivity index (χ2v) is 4.53. The molecule has 1 fully saturated rings. The van der Waals surface area contributed by atoms with E-state index in [9.17, 15) is 9.59 Å². The number of hydrogen-bond acceptors (Lipinski definition) is 4. The topological polar surface area (TPSA) is 62.3 Å². The molecule has 1 saturated heterocycles. The molecule has 1 aliphatic heterocycles. The van der Waals surface area contributed by atoms with Crippen molar-refractivity contribution in [3.8, 4) is 0 Å². The average molecular weight is 268 g/mol. The summed E-state index contributed by atoms with van der Waals surface area (Å²) in [7, 11) is 0. The van der Waals surface area contributed by atoms with Crippen LogP contribution in [0, 0.1) is 0 Å². The molecule has 1 N–H and O–H groups in total. The van der Waals surface area contributed by atoms with Crippen molar-refractivity contribution >= 4 is 29.2 Å². The fraction of sp³-hybridized carbons (Fsp3) is 0.417. The summed E-state index contributed by atoms with van der Waals surface area (Å²) in [5.74, 6) is 0.0821. The zero-order valence-electron chi connectivity index (χ0n) is 10.0. The number of carbonyl (C=O) groups is 2. The zero-order chi connectivity index (χ0) is 13.1. The molecule has 5 nitrogen and oxygen atoms in total. The lowest BCUT2D eigenvalue weighted by molar-refractivity contribution is -0.138. The van der Waals surface area contributed by atoms with Crippen LogP contribution in [0.4, 0.5) is 5.82 Å². The second kappa shape index (κ2) is 5.35. The summed E-state index contributed by atoms with van der Waals surface area (Å²) in [6, 6.07) is 2.83. The van der Waals surface area contributed by atoms with Crippen molar-refractivity contribution in [1.29, 1.82) is 0 Å². The Kier molecular flexibility index (Phi) is 3.81. The standard InChI is InChI=1S/C12H14ClN3O2/c1-2-6-16-10(17)7-9(12(16)18)15-11-8(13)4-3-5-14-11/h3-5,9H,2,6-7H2,1H3,(H,14,15). The van der Waals surface area contributed by atoms with E-state index in [-0.39, 0.29) is 18.2 Å². The molecular formula is C12H14ClN3O2. The van der Waals surface area contributed by atoms with E-state index in [0.29, 0.717) is 17.4 Å². The maximum atomic E-state index is 12.0. The molecule has 1 atom stereocenters. The highest BCUT2D eigenvalue weighted by atomic mass is 35.5. The van der Waals surface area contributed by atoms with Gasteiger partial charge in [-0.1, -0.05) is 18.5 Å². The van der Waals surface area contributed by atoms with Gasteiger partial charge in [-0.3, -0.25) is 14.5 Å². The molecule has 1 aliphatic rings. The molecule has 0 radical (unpaired) electrons. The summed E-state index contributed by atoms with van der Waals surface area (Å²) in [5.41, 5.74) is 0. The number of amides is 2. The third-order valence-corrected chi connectivity index (χ3v) is 3.07. The fourth-order valence-electron chi connectivity index (χ4n) is 1.91. The largest absolute Gasteiger partial charge is 0.357 e. The van der Waals surface area contributed by atoms with Crippen molar-refractivity contribution in [2.45, 2.75) is 25.8 Å². The molecule has 1 unspecified atom stereocenters. The number of hydrogen-bond donors (Lipinski definition) is 1. The maximum Gasteiger partial charge on any atom is 0.252 e. The van der Waals surface area contributed by atoms with Crippen molar-refractivity contribution in [1.82, 2.24) is 9.88 Å². The lowest BCUT2D eigenvalue weighted by Gasteiger charge is -2.15. The van der Waals surface area contributed by atoms with E-state index in [1.165, 1.54) is 4.90 Å². The predicted octanol–water partition coefficient (Wildman–Crippen LogP) is 1.68. The minimum Gasteiger partial charge on any atom is -0.357 e. The Balaban J connectivity index is 2.10. The van der Waals surface area contributed by atoms with Gasteiger partial charge >= 0.3 is 0 Å². The number of nitrogens with zero attached hydrogens (tertiary/aromatic N) is 2. The average Bonchev–Trinajstić information content (AvgIpc) is 2.60. The molecule has 0 aliphatic carbocycles. The number of aromatic nitrogens is 1. The maximum absolute atomic E-state index is 12.0. The number of nitrogens with one attached hydrogen (secondary N) is 1. The third kappa shape index (κ3) is 2.46. The van der Waals surface area contributed by atoms with E-state index < -0.39 is 6.04 Å². The van der Waals surface area contributed by atoms with Crippen LogP contribution in [-0.4, -0.2) is 34.3 Å². The van der Waals surface area contributed by atoms with Crippen LogP contribution >= 0.6 is 11.6 Å². The first-order valence-corrected chi connectivity index (χ1v) is 6.22. The summed E-state index contributed by atoms with van der Waals surface area (Å²) in [6.45, 7) is 2.39. The van der Waals surface area contributed by atoms with Crippen LogP contribution in [0.25, 0.3) is 0 Å². The van der Waals surface area contributed by atoms with Crippen molar-refractivity contribution < 1.29 is 9.59 Å². The number of anilines is 1. The van der Waals surface area contributed by atoms with Gasteiger partial charge < -0.3 is 5.32 Å². The first kappa shape index (κ1) is 12.8. The van der Waals surface area contributed by atoms with Crippen molar-refractivity contribution in [2.24, 2.45) is 0 Å². The van der Waals surface area contributed by atoms with E-state index in [4.69, 9.17) is 11.6 Å². The molecule has 96 valence electrons. The second-order valence-electron chi connectivity index (χ2n) is 4.12. The molecule has 0 saturated carbocycles. The Morgan fingerprint density at radius 3 is 3.00 bits per heavy atom. The van der Waals surface area contributed by atoms with E-state index in [1.54, 1.807) is 18.3 Å². The molecule has 0 bridgehead atoms. The van der Waals surface area contributed by atoms with Gasteiger partial charge in [0.25, 0.3) is 5.91 Å². The van der Waals surface area contributed by atoms with Crippen LogP contribution in [0.1, 0.15) is 19.8 Å². The fourth-order valence-corrected chi connectivity index (χ4v) is 2.09. The van der Waals surface area contributed by atoms with Gasteiger partial charge in [0.05, 0.1) is 11.4 Å². The summed E-state index contributed by atoms with van der Waals surface area (Å²) >= 11 is 5.95. The third-order valence-electron chi connectivity index (χ3n) is 2.76. The number of pyridine rings is 1. The molecule has 0 aromatic carbocycles. The highest BCUT2D eigenvalue weighted by Gasteiger charge is 2.38. The Hall–Kier alpha value is -1.62. The number of likely N-dealkylation sites (tertiary alicyclic amines) is 1. The Morgan fingerprint density at radius 1 is 1.56 bits per heavy atom. The number of imide groups is 1. The first-order chi connectivity index (χ1) is 8.63. The van der Waals surface area contributed by atoms with Crippen molar-refractivity contribution in [3.05, 3.63) is 23.4 Å². The first-order valence-electron chi connectivity index (χ1n) is 5.84. The van der Waals surface area contributed by atoms with E-state index >= 15 is 0 Å². The Morgan fingerprint density at radius 2 is 2.33 bits per heavy atom. The number of rotatable bonds is 4. The van der Waals surface area contributed by atoms with Gasteiger partial charge in [0, 0.05) is 12.7 Å². The molecule has 2 amide bonds. The molecule has 2 rings (SSSR count). The minimum absolute atomic E-state index is 0.147. The number of carbonyl (C=O) groups excluding carboxylic acids is 2. The Bertz CT molecular complexity index is 478. The quantitative estimate of drug-likeness (QED) is 0.843. The predicted molar refractivity (Wildman–Crippen MR) is 68.3 cm³/mol. The minimum atomic E-state index is -0.559. The smallest absolute Gasteiger partial charge is 0.252 e. The lowest BCUT2D eigenvalue weighted by atomic mass is 10.2. The molecule has 2 heterocycles. The normalized spacial score (nSPS) is 19.4. The van der Waals surface area contributed by atoms with Crippen LogP contribution in [-0.2, 0) is 9.59 Å². The Labute approximate surface area is 110 Å². The highest BCUT2D eigenvalue weighted by Crippen LogP contribution is 2.22. The van der Waals surface area contributed by atoms with Gasteiger partial charge in [0.1, 0.15) is 11.9 Å². The zero-order valence-corrected chi connectivity index (χ0v) is 10.8. The van der Waals surface area contributed by atoms with Gasteiger partial charge in [-0.2, -0.15) is 0 Å². The van der Waals surface area contributed by atoms with Crippen LogP contribution < -0.4 is 5.32 Å². The monoisotopic (exact) mass is 267 g/mol. The molecule has 1 aromatic rings. The molecular weight excluding hydrogens is 254 g/mol. The summed E-state index contributed by atoms with van der Waals surface area (Å²) in [6.07, 6.45) is 2.50. The molecule has 0 spiro atoms.